The molecule has 3 heterocycles. The molecule has 2 aliphatic rings. The number of esters is 1. The fraction of sp³-hybridized carbons (Fsp3) is 0.222. The summed E-state index contributed by atoms with van der Waals surface area (Å²) in [6.07, 6.45) is 0.788. The SMILES string of the molecule is COC(=O)c1cccc([N+](=O)[O-])c1Br.C[C@@H](N)CN.C[C@@H]1CNc2c(cccc2[N+](=O)[O-])C(=O)N1.C[C@@H]1Cn2c(-c3ccc(Cl)cc3)nc3cccc(c32)C(=O)N1.Cl.Cl.O=Cc1ccc(Cl)cc1. The summed E-state index contributed by atoms with van der Waals surface area (Å²) in [5.74, 6) is -0.0707. The summed E-state index contributed by atoms with van der Waals surface area (Å²) in [4.78, 5) is 70.2. The molecule has 2 amide bonds. The summed E-state index contributed by atoms with van der Waals surface area (Å²) >= 11 is 14.5. The molecule has 0 aliphatic carbocycles. The maximum atomic E-state index is 12.3. The monoisotopic (exact) mass is 1080 g/mol. The number of nitro benzene ring substituents is 2. The summed E-state index contributed by atoms with van der Waals surface area (Å²) in [6.45, 7) is 7.46. The van der Waals surface area contributed by atoms with Crippen LogP contribution in [-0.2, 0) is 11.3 Å². The first-order valence-corrected chi connectivity index (χ1v) is 21.5. The number of anilines is 1. The molecule has 0 saturated heterocycles. The number of para-hydroxylation sites is 2. The lowest BCUT2D eigenvalue weighted by Gasteiger charge is -2.13. The molecule has 0 saturated carbocycles. The largest absolute Gasteiger partial charge is 0.465 e. The molecule has 0 unspecified atom stereocenters. The molecule has 362 valence electrons. The van der Waals surface area contributed by atoms with Crippen LogP contribution in [0.4, 0.5) is 17.1 Å². The van der Waals surface area contributed by atoms with Crippen molar-refractivity contribution in [2.24, 2.45) is 11.5 Å². The Hall–Kier alpha value is -6.19. The highest BCUT2D eigenvalue weighted by molar-refractivity contribution is 9.10. The lowest BCUT2D eigenvalue weighted by molar-refractivity contribution is -0.385. The van der Waals surface area contributed by atoms with E-state index in [1.807, 2.05) is 63.2 Å². The Balaban J connectivity index is 0.000000310. The highest BCUT2D eigenvalue weighted by Crippen LogP contribution is 2.32. The topological polar surface area (TPSA) is 270 Å². The first-order valence-electron chi connectivity index (χ1n) is 20.0. The maximum absolute atomic E-state index is 12.3. The number of methoxy groups -OCH3 is 1. The van der Waals surface area contributed by atoms with Crippen LogP contribution in [0.25, 0.3) is 22.4 Å². The standard InChI is InChI=1S/C17H14ClN3O.C10H11N3O3.C8H6BrNO4.C7H5ClO.C3H10N2.2ClH/c1-10-9-21-15-13(17(22)19-10)3-2-4-14(15)20-16(21)11-5-7-12(18)8-6-11;1-6-5-11-9-7(10(14)12-6)3-2-4-8(9)13(15)16;1-14-8(11)5-3-2-4-6(7(5)9)10(12)13;8-7-3-1-6(5-9)2-4-7;1-3(5)2-4;;/h2-8,10H,9H2,1H3,(H,19,22);2-4,6,11H,5H2,1H3,(H,12,14);2-4H,1H3;1-5H;3H,2,4-5H2,1H3;2*1H/t10-;6-;;;3-;;/m11..1../s1. The third-order valence-electron chi connectivity index (χ3n) is 9.35. The fourth-order valence-corrected chi connectivity index (χ4v) is 6.95. The van der Waals surface area contributed by atoms with Crippen LogP contribution in [0.3, 0.4) is 0 Å². The van der Waals surface area contributed by atoms with Crippen molar-refractivity contribution >= 4 is 116 Å². The minimum atomic E-state index is -0.611. The third kappa shape index (κ3) is 15.7. The van der Waals surface area contributed by atoms with Crippen LogP contribution in [0.5, 0.6) is 0 Å². The smallest absolute Gasteiger partial charge is 0.339 e. The number of benzene rings is 5. The van der Waals surface area contributed by atoms with Gasteiger partial charge in [-0.15, -0.1) is 24.8 Å². The van der Waals surface area contributed by atoms with Gasteiger partial charge in [0.2, 0.25) is 0 Å². The van der Waals surface area contributed by atoms with Crippen LogP contribution in [0.1, 0.15) is 62.2 Å². The highest BCUT2D eigenvalue weighted by atomic mass is 79.9. The molecular formula is C45H48BrCl4N9O9. The van der Waals surface area contributed by atoms with Crippen LogP contribution in [0.15, 0.2) is 108 Å². The lowest BCUT2D eigenvalue weighted by Crippen LogP contribution is -2.34. The average molecular weight is 1080 g/mol. The Morgan fingerprint density at radius 2 is 1.38 bits per heavy atom. The Bertz CT molecular complexity index is 2710. The molecule has 0 fully saturated rings. The van der Waals surface area contributed by atoms with Gasteiger partial charge in [-0.2, -0.15) is 0 Å². The van der Waals surface area contributed by atoms with E-state index < -0.39 is 15.8 Å². The van der Waals surface area contributed by atoms with Crippen LogP contribution in [-0.4, -0.2) is 81.8 Å². The second kappa shape index (κ2) is 27.6. The number of amides is 2. The van der Waals surface area contributed by atoms with Crippen molar-refractivity contribution in [2.75, 3.05) is 25.5 Å². The fourth-order valence-electron chi connectivity index (χ4n) is 6.13. The molecule has 0 spiro atoms. The number of nitrogens with zero attached hydrogens (tertiary/aromatic N) is 4. The van der Waals surface area contributed by atoms with Crippen molar-refractivity contribution < 1.29 is 33.8 Å². The number of carbonyl (C=O) groups is 4. The van der Waals surface area contributed by atoms with Crippen LogP contribution in [0, 0.1) is 20.2 Å². The molecule has 7 N–H and O–H groups in total. The number of hydrogen-bond donors (Lipinski definition) is 5. The average Bonchev–Trinajstić information content (AvgIpc) is 3.51. The van der Waals surface area contributed by atoms with E-state index in [2.05, 4.69) is 41.2 Å². The number of fused-ring (bicyclic) bond motifs is 1. The van der Waals surface area contributed by atoms with Gasteiger partial charge in [0.1, 0.15) is 22.3 Å². The van der Waals surface area contributed by atoms with Gasteiger partial charge in [-0.05, 0) is 97.4 Å². The molecule has 5 aromatic carbocycles. The molecule has 1 aromatic heterocycles. The zero-order chi connectivity index (χ0) is 48.7. The van der Waals surface area contributed by atoms with Gasteiger partial charge in [-0.1, -0.05) is 53.5 Å². The number of carbonyl (C=O) groups excluding carboxylic acids is 4. The van der Waals surface area contributed by atoms with E-state index in [1.54, 1.807) is 30.3 Å². The van der Waals surface area contributed by atoms with Gasteiger partial charge in [0.15, 0.2) is 0 Å². The number of halogens is 5. The van der Waals surface area contributed by atoms with E-state index in [-0.39, 0.29) is 76.2 Å². The Morgan fingerprint density at radius 3 is 1.94 bits per heavy atom. The molecule has 8 rings (SSSR count). The number of nitrogens with two attached hydrogens (primary N) is 2. The minimum absolute atomic E-state index is 0. The maximum Gasteiger partial charge on any atom is 0.339 e. The molecule has 3 atom stereocenters. The number of nitro groups is 2. The summed E-state index contributed by atoms with van der Waals surface area (Å²) in [5, 5.41) is 31.3. The second-order valence-corrected chi connectivity index (χ2v) is 16.2. The molecule has 68 heavy (non-hydrogen) atoms. The predicted molar refractivity (Wildman–Crippen MR) is 272 cm³/mol. The summed E-state index contributed by atoms with van der Waals surface area (Å²) in [5.41, 5.74) is 14.8. The molecule has 0 bridgehead atoms. The van der Waals surface area contributed by atoms with Crippen molar-refractivity contribution in [3.63, 3.8) is 0 Å². The summed E-state index contributed by atoms with van der Waals surface area (Å²) < 4.78 is 6.72. The van der Waals surface area contributed by atoms with Crippen LogP contribution < -0.4 is 27.4 Å². The zero-order valence-corrected chi connectivity index (χ0v) is 41.5. The number of hydrogen-bond acceptors (Lipinski definition) is 13. The Kier molecular flexibility index (Phi) is 23.5. The van der Waals surface area contributed by atoms with Gasteiger partial charge in [0.05, 0.1) is 44.7 Å². The lowest BCUT2D eigenvalue weighted by atomic mass is 10.1. The van der Waals surface area contributed by atoms with Crippen molar-refractivity contribution in [2.45, 2.75) is 45.4 Å². The zero-order valence-electron chi connectivity index (χ0n) is 36.8. The first kappa shape index (κ1) is 57.9. The van der Waals surface area contributed by atoms with Crippen molar-refractivity contribution in [3.8, 4) is 11.4 Å². The van der Waals surface area contributed by atoms with E-state index in [9.17, 15) is 39.4 Å². The summed E-state index contributed by atoms with van der Waals surface area (Å²) in [7, 11) is 1.22. The third-order valence-corrected chi connectivity index (χ3v) is 10.7. The van der Waals surface area contributed by atoms with Gasteiger partial charge < -0.3 is 36.7 Å². The quantitative estimate of drug-likeness (QED) is 0.0451. The summed E-state index contributed by atoms with van der Waals surface area (Å²) in [6, 6.07) is 28.8. The molecule has 23 heteroatoms. The van der Waals surface area contributed by atoms with E-state index in [0.717, 1.165) is 28.7 Å². The van der Waals surface area contributed by atoms with E-state index in [4.69, 9.17) is 39.7 Å². The van der Waals surface area contributed by atoms with Crippen molar-refractivity contribution in [1.82, 2.24) is 20.2 Å². The van der Waals surface area contributed by atoms with Crippen molar-refractivity contribution in [1.29, 1.82) is 0 Å². The van der Waals surface area contributed by atoms with Gasteiger partial charge in [0.25, 0.3) is 23.2 Å². The van der Waals surface area contributed by atoms with Crippen LogP contribution in [0.2, 0.25) is 10.0 Å². The highest BCUT2D eigenvalue weighted by Gasteiger charge is 2.26. The number of ether oxygens (including phenoxy) is 1. The molecular weight excluding hydrogens is 1030 g/mol. The minimum Gasteiger partial charge on any atom is -0.465 e. The molecule has 18 nitrogen and oxygen atoms in total. The number of imidazole rings is 1. The number of aromatic nitrogens is 2. The Labute approximate surface area is 421 Å². The van der Waals surface area contributed by atoms with E-state index >= 15 is 0 Å². The van der Waals surface area contributed by atoms with Crippen LogP contribution >= 0.6 is 63.9 Å². The van der Waals surface area contributed by atoms with Gasteiger partial charge in [0, 0.05) is 71.1 Å². The van der Waals surface area contributed by atoms with Crippen molar-refractivity contribution in [3.05, 3.63) is 160 Å². The number of nitrogens with one attached hydrogen (secondary N) is 3. The number of rotatable bonds is 6. The molecule has 0 radical (unpaired) electrons. The van der Waals surface area contributed by atoms with E-state index in [0.29, 0.717) is 52.1 Å². The van der Waals surface area contributed by atoms with Gasteiger partial charge in [-0.25, -0.2) is 9.78 Å². The number of aldehydes is 1. The predicted octanol–water partition coefficient (Wildman–Crippen LogP) is 9.06. The molecule has 2 aliphatic heterocycles. The van der Waals surface area contributed by atoms with Gasteiger partial charge in [-0.3, -0.25) is 34.6 Å². The Morgan fingerprint density at radius 1 is 0.868 bits per heavy atom. The van der Waals surface area contributed by atoms with Gasteiger partial charge >= 0.3 is 5.97 Å². The molecule has 6 aromatic rings. The normalized spacial score (nSPS) is 14.4. The first-order chi connectivity index (χ1) is 31.4. The second-order valence-electron chi connectivity index (χ2n) is 14.6. The van der Waals surface area contributed by atoms with E-state index in [1.165, 1.54) is 37.4 Å².